The first-order chi connectivity index (χ1) is 17.9. The lowest BCUT2D eigenvalue weighted by atomic mass is 10.1. The first-order valence-corrected chi connectivity index (χ1v) is 14.2. The van der Waals surface area contributed by atoms with Crippen molar-refractivity contribution in [2.75, 3.05) is 10.8 Å². The zero-order chi connectivity index (χ0) is 28.0. The molecule has 0 aliphatic heterocycles. The third-order valence-electron chi connectivity index (χ3n) is 6.10. The van der Waals surface area contributed by atoms with E-state index in [1.54, 1.807) is 55.5 Å². The molecule has 0 aromatic heterocycles. The molecule has 0 heterocycles. The van der Waals surface area contributed by atoms with Gasteiger partial charge >= 0.3 is 0 Å². The molecule has 2 amide bonds. The van der Waals surface area contributed by atoms with Gasteiger partial charge in [-0.15, -0.1) is 0 Å². The Morgan fingerprint density at radius 2 is 1.55 bits per heavy atom. The monoisotopic (exact) mass is 555 g/mol. The number of carbonyl (C=O) groups is 2. The van der Waals surface area contributed by atoms with Gasteiger partial charge in [0.1, 0.15) is 12.6 Å². The maximum absolute atomic E-state index is 13.9. The summed E-state index contributed by atoms with van der Waals surface area (Å²) in [6.07, 6.45) is 0. The van der Waals surface area contributed by atoms with Gasteiger partial charge in [0.25, 0.3) is 10.0 Å². The molecule has 3 aromatic carbocycles. The minimum Gasteiger partial charge on any atom is -0.352 e. The number of halogens is 1. The molecule has 0 fully saturated rings. The number of carbonyl (C=O) groups excluding carboxylic acids is 2. The molecular formula is C29H34ClN3O4S. The molecule has 7 nitrogen and oxygen atoms in total. The van der Waals surface area contributed by atoms with Crippen LogP contribution in [0.2, 0.25) is 5.02 Å². The van der Waals surface area contributed by atoms with Crippen molar-refractivity contribution in [2.24, 2.45) is 0 Å². The second-order valence-corrected chi connectivity index (χ2v) is 11.9. The minimum atomic E-state index is -4.09. The molecule has 0 bridgehead atoms. The third-order valence-corrected chi connectivity index (χ3v) is 8.12. The van der Waals surface area contributed by atoms with E-state index in [4.69, 9.17) is 11.6 Å². The van der Waals surface area contributed by atoms with E-state index in [-0.39, 0.29) is 23.4 Å². The third kappa shape index (κ3) is 7.14. The fraction of sp³-hybridized carbons (Fsp3) is 0.310. The van der Waals surface area contributed by atoms with Crippen LogP contribution in [0, 0.1) is 13.8 Å². The number of sulfonamides is 1. The Bertz CT molecular complexity index is 1380. The van der Waals surface area contributed by atoms with Crippen molar-refractivity contribution in [3.05, 3.63) is 94.5 Å². The number of rotatable bonds is 10. The molecule has 0 aliphatic carbocycles. The van der Waals surface area contributed by atoms with Gasteiger partial charge in [0.05, 0.1) is 10.6 Å². The molecule has 0 saturated heterocycles. The highest BCUT2D eigenvalue weighted by atomic mass is 35.5. The molecule has 3 rings (SSSR count). The standard InChI is InChI=1S/C29H34ClN3O4S/c1-20(2)31-29(35)23(5)32(18-24-12-14-25(30)15-13-24)28(34)19-33(27-16-11-21(3)17-22(27)4)38(36,37)26-9-7-6-8-10-26/h6-17,20,23H,18-19H2,1-5H3,(H,31,35)/t23-/m1/s1. The highest BCUT2D eigenvalue weighted by Crippen LogP contribution is 2.28. The van der Waals surface area contributed by atoms with E-state index in [0.717, 1.165) is 15.4 Å². The largest absolute Gasteiger partial charge is 0.352 e. The smallest absolute Gasteiger partial charge is 0.264 e. The summed E-state index contributed by atoms with van der Waals surface area (Å²) in [5.41, 5.74) is 2.85. The predicted octanol–water partition coefficient (Wildman–Crippen LogP) is 5.09. The number of hydrogen-bond donors (Lipinski definition) is 1. The normalized spacial score (nSPS) is 12.2. The number of nitrogens with one attached hydrogen (secondary N) is 1. The van der Waals surface area contributed by atoms with Gasteiger partial charge in [-0.2, -0.15) is 0 Å². The second kappa shape index (κ2) is 12.5. The van der Waals surface area contributed by atoms with Crippen molar-refractivity contribution < 1.29 is 18.0 Å². The Balaban J connectivity index is 2.05. The zero-order valence-electron chi connectivity index (χ0n) is 22.3. The van der Waals surface area contributed by atoms with Gasteiger partial charge in [-0.3, -0.25) is 13.9 Å². The molecule has 0 unspecified atom stereocenters. The zero-order valence-corrected chi connectivity index (χ0v) is 23.9. The van der Waals surface area contributed by atoms with Crippen molar-refractivity contribution in [2.45, 2.75) is 58.1 Å². The van der Waals surface area contributed by atoms with E-state index in [0.29, 0.717) is 16.3 Å². The van der Waals surface area contributed by atoms with Crippen LogP contribution in [0.5, 0.6) is 0 Å². The van der Waals surface area contributed by atoms with Crippen LogP contribution in [-0.4, -0.2) is 43.8 Å². The van der Waals surface area contributed by atoms with Gasteiger partial charge in [0, 0.05) is 17.6 Å². The Morgan fingerprint density at radius 1 is 0.921 bits per heavy atom. The first-order valence-electron chi connectivity index (χ1n) is 12.4. The highest BCUT2D eigenvalue weighted by molar-refractivity contribution is 7.92. The molecule has 9 heteroatoms. The summed E-state index contributed by atoms with van der Waals surface area (Å²) in [7, 11) is -4.09. The SMILES string of the molecule is Cc1ccc(N(CC(=O)N(Cc2ccc(Cl)cc2)[C@H](C)C(=O)NC(C)C)S(=O)(=O)c2ccccc2)c(C)c1. The van der Waals surface area contributed by atoms with Crippen LogP contribution in [0.3, 0.4) is 0 Å². The van der Waals surface area contributed by atoms with Crippen molar-refractivity contribution in [3.63, 3.8) is 0 Å². The Morgan fingerprint density at radius 3 is 2.13 bits per heavy atom. The lowest BCUT2D eigenvalue weighted by Crippen LogP contribution is -2.52. The topological polar surface area (TPSA) is 86.8 Å². The summed E-state index contributed by atoms with van der Waals surface area (Å²) in [6, 6.07) is 19.4. The van der Waals surface area contributed by atoms with Crippen LogP contribution in [0.15, 0.2) is 77.7 Å². The van der Waals surface area contributed by atoms with E-state index in [9.17, 15) is 18.0 Å². The van der Waals surface area contributed by atoms with Gasteiger partial charge in [-0.25, -0.2) is 8.42 Å². The number of aryl methyl sites for hydroxylation is 2. The van der Waals surface area contributed by atoms with E-state index < -0.39 is 28.5 Å². The van der Waals surface area contributed by atoms with Crippen molar-refractivity contribution in [1.29, 1.82) is 0 Å². The van der Waals surface area contributed by atoms with Crippen LogP contribution in [-0.2, 0) is 26.2 Å². The van der Waals surface area contributed by atoms with Gasteiger partial charge in [0.15, 0.2) is 0 Å². The average Bonchev–Trinajstić information content (AvgIpc) is 2.87. The molecule has 1 N–H and O–H groups in total. The van der Waals surface area contributed by atoms with E-state index in [1.807, 2.05) is 39.8 Å². The summed E-state index contributed by atoms with van der Waals surface area (Å²) in [4.78, 5) is 28.3. The molecule has 38 heavy (non-hydrogen) atoms. The fourth-order valence-electron chi connectivity index (χ4n) is 4.09. The quantitative estimate of drug-likeness (QED) is 0.377. The van der Waals surface area contributed by atoms with Crippen LogP contribution < -0.4 is 9.62 Å². The lowest BCUT2D eigenvalue weighted by molar-refractivity contribution is -0.139. The number of benzene rings is 3. The van der Waals surface area contributed by atoms with Crippen molar-refractivity contribution >= 4 is 39.1 Å². The summed E-state index contributed by atoms with van der Waals surface area (Å²) in [6.45, 7) is 8.67. The van der Waals surface area contributed by atoms with Gasteiger partial charge in [-0.1, -0.05) is 59.6 Å². The van der Waals surface area contributed by atoms with E-state index in [1.165, 1.54) is 17.0 Å². The van der Waals surface area contributed by atoms with Crippen LogP contribution in [0.1, 0.15) is 37.5 Å². The molecule has 3 aromatic rings. The number of anilines is 1. The fourth-order valence-corrected chi connectivity index (χ4v) is 5.72. The Hall–Kier alpha value is -3.36. The maximum Gasteiger partial charge on any atom is 0.264 e. The number of amides is 2. The van der Waals surface area contributed by atoms with Gasteiger partial charge in [0.2, 0.25) is 11.8 Å². The molecular weight excluding hydrogens is 522 g/mol. The maximum atomic E-state index is 13.9. The Labute approximate surface area is 230 Å². The first kappa shape index (κ1) is 29.2. The second-order valence-electron chi connectivity index (χ2n) is 9.60. The molecule has 0 saturated carbocycles. The summed E-state index contributed by atoms with van der Waals surface area (Å²) >= 11 is 6.03. The average molecular weight is 556 g/mol. The van der Waals surface area contributed by atoms with Crippen LogP contribution >= 0.6 is 11.6 Å². The Kier molecular flexibility index (Phi) is 9.57. The van der Waals surface area contributed by atoms with Gasteiger partial charge in [-0.05, 0) is 76.1 Å². The van der Waals surface area contributed by atoms with Crippen molar-refractivity contribution in [3.8, 4) is 0 Å². The highest BCUT2D eigenvalue weighted by Gasteiger charge is 2.33. The molecule has 0 radical (unpaired) electrons. The predicted molar refractivity (Wildman–Crippen MR) is 152 cm³/mol. The molecule has 1 atom stereocenters. The summed E-state index contributed by atoms with van der Waals surface area (Å²) < 4.78 is 28.8. The molecule has 0 spiro atoms. The van der Waals surface area contributed by atoms with E-state index in [2.05, 4.69) is 5.32 Å². The summed E-state index contributed by atoms with van der Waals surface area (Å²) in [5, 5.41) is 3.39. The minimum absolute atomic E-state index is 0.0719. The number of hydrogen-bond acceptors (Lipinski definition) is 4. The van der Waals surface area contributed by atoms with Crippen molar-refractivity contribution in [1.82, 2.24) is 10.2 Å². The van der Waals surface area contributed by atoms with Gasteiger partial charge < -0.3 is 10.2 Å². The van der Waals surface area contributed by atoms with Crippen LogP contribution in [0.4, 0.5) is 5.69 Å². The number of nitrogens with zero attached hydrogens (tertiary/aromatic N) is 2. The summed E-state index contributed by atoms with van der Waals surface area (Å²) in [5.74, 6) is -0.836. The van der Waals surface area contributed by atoms with E-state index >= 15 is 0 Å². The lowest BCUT2D eigenvalue weighted by Gasteiger charge is -2.32. The van der Waals surface area contributed by atoms with Crippen LogP contribution in [0.25, 0.3) is 0 Å². The molecule has 0 aliphatic rings. The molecule has 202 valence electrons.